The maximum absolute atomic E-state index is 13.2. The lowest BCUT2D eigenvalue weighted by molar-refractivity contribution is -0.327. The lowest BCUT2D eigenvalue weighted by Crippen LogP contribution is -2.62. The summed E-state index contributed by atoms with van der Waals surface area (Å²) in [4.78, 5) is 13.2. The van der Waals surface area contributed by atoms with E-state index in [2.05, 4.69) is 0 Å². The number of esters is 1. The number of fused-ring (bicyclic) bond motifs is 1. The third kappa shape index (κ3) is 9.05. The van der Waals surface area contributed by atoms with E-state index >= 15 is 0 Å². The van der Waals surface area contributed by atoms with Gasteiger partial charge in [0, 0.05) is 29.4 Å². The van der Waals surface area contributed by atoms with Crippen LogP contribution in [0.15, 0.2) is 77.5 Å². The first-order valence-electron chi connectivity index (χ1n) is 17.9. The Kier molecular flexibility index (Phi) is 13.2. The normalized spacial score (nSPS) is 30.7. The Morgan fingerprint density at radius 2 is 1.44 bits per heavy atom. The molecule has 0 saturated carbocycles. The van der Waals surface area contributed by atoms with Crippen LogP contribution >= 0.6 is 0 Å². The molecule has 2 aromatic rings. The van der Waals surface area contributed by atoms with Crippen LogP contribution < -0.4 is 14.2 Å². The Morgan fingerprint density at radius 1 is 0.780 bits per heavy atom. The van der Waals surface area contributed by atoms with Gasteiger partial charge in [0.05, 0.1) is 34.5 Å². The van der Waals surface area contributed by atoms with E-state index in [0.29, 0.717) is 5.56 Å². The van der Waals surface area contributed by atoms with Gasteiger partial charge in [-0.25, -0.2) is 4.79 Å². The number of carbonyl (C=O) groups excluding carboxylic acids is 1. The van der Waals surface area contributed by atoms with Crippen molar-refractivity contribution in [1.82, 2.24) is 0 Å². The molecule has 2 aromatic carbocycles. The number of hydrogen-bond acceptors (Lipinski definition) is 20. The molecule has 11 unspecified atom stereocenters. The van der Waals surface area contributed by atoms with E-state index in [0.717, 1.165) is 12.2 Å². The summed E-state index contributed by atoms with van der Waals surface area (Å²) in [6.45, 7) is -1.46. The van der Waals surface area contributed by atoms with E-state index in [4.69, 9.17) is 42.6 Å². The van der Waals surface area contributed by atoms with Crippen LogP contribution in [0.1, 0.15) is 11.1 Å². The van der Waals surface area contributed by atoms with E-state index in [1.165, 1.54) is 69.9 Å². The minimum absolute atomic E-state index is 0.0367. The number of methoxy groups -OCH3 is 3. The maximum Gasteiger partial charge on any atom is 0.331 e. The van der Waals surface area contributed by atoms with Gasteiger partial charge in [-0.15, -0.1) is 0 Å². The zero-order valence-corrected chi connectivity index (χ0v) is 31.6. The number of aliphatic hydroxyl groups is 8. The molecule has 3 aliphatic heterocycles. The minimum atomic E-state index is -1.98. The molecule has 3 heterocycles. The zero-order valence-electron chi connectivity index (χ0n) is 31.6. The molecule has 0 radical (unpaired) electrons. The lowest BCUT2D eigenvalue weighted by Gasteiger charge is -2.43. The van der Waals surface area contributed by atoms with Crippen molar-refractivity contribution in [2.45, 2.75) is 67.5 Å². The van der Waals surface area contributed by atoms with E-state index in [-0.39, 0.29) is 57.2 Å². The number of aliphatic hydroxyl groups excluding tert-OH is 8. The number of phenolic OH excluding ortho intramolecular Hbond substituents is 2. The van der Waals surface area contributed by atoms with Crippen LogP contribution in [0.5, 0.6) is 28.7 Å². The summed E-state index contributed by atoms with van der Waals surface area (Å²) < 4.78 is 50.5. The predicted octanol–water partition coefficient (Wildman–Crippen LogP) is -0.0802. The maximum atomic E-state index is 13.2. The van der Waals surface area contributed by atoms with Gasteiger partial charge in [0.1, 0.15) is 60.4 Å². The summed E-state index contributed by atoms with van der Waals surface area (Å²) in [5.41, 5.74) is 0.696. The van der Waals surface area contributed by atoms with Crippen LogP contribution in [0.25, 0.3) is 11.8 Å². The summed E-state index contributed by atoms with van der Waals surface area (Å²) in [5.74, 6) is -2.39. The van der Waals surface area contributed by atoms with Crippen molar-refractivity contribution >= 4 is 17.8 Å². The second-order valence-corrected chi connectivity index (χ2v) is 13.5. The number of aromatic hydroxyl groups is 2. The van der Waals surface area contributed by atoms with Gasteiger partial charge in [0.25, 0.3) is 0 Å². The molecule has 1 aliphatic carbocycles. The molecule has 2 saturated heterocycles. The largest absolute Gasteiger partial charge is 0.508 e. The van der Waals surface area contributed by atoms with Crippen molar-refractivity contribution in [3.63, 3.8) is 0 Å². The number of hydrogen-bond donors (Lipinski definition) is 10. The molecule has 10 N–H and O–H groups in total. The van der Waals surface area contributed by atoms with Crippen molar-refractivity contribution in [2.24, 2.45) is 0 Å². The molecular weight excluding hydrogens is 788 g/mol. The fourth-order valence-electron chi connectivity index (χ4n) is 6.57. The van der Waals surface area contributed by atoms with Crippen molar-refractivity contribution in [2.75, 3.05) is 34.5 Å². The van der Waals surface area contributed by atoms with Crippen LogP contribution in [-0.2, 0) is 33.2 Å². The zero-order chi connectivity index (χ0) is 42.7. The number of ether oxygens (including phenoxy) is 9. The van der Waals surface area contributed by atoms with Gasteiger partial charge in [-0.3, -0.25) is 0 Å². The van der Waals surface area contributed by atoms with Crippen molar-refractivity contribution in [3.05, 3.63) is 88.6 Å². The third-order valence-corrected chi connectivity index (χ3v) is 9.73. The van der Waals surface area contributed by atoms with Gasteiger partial charge < -0.3 is 93.7 Å². The van der Waals surface area contributed by atoms with E-state index < -0.39 is 92.5 Å². The minimum Gasteiger partial charge on any atom is -0.508 e. The average Bonchev–Trinajstić information content (AvgIpc) is 3.22. The van der Waals surface area contributed by atoms with Gasteiger partial charge in [-0.1, -0.05) is 0 Å². The molecule has 320 valence electrons. The first-order valence-corrected chi connectivity index (χ1v) is 17.9. The first kappa shape index (κ1) is 43.0. The van der Waals surface area contributed by atoms with Crippen LogP contribution in [0, 0.1) is 0 Å². The number of phenols is 2. The summed E-state index contributed by atoms with van der Waals surface area (Å²) >= 11 is 0. The van der Waals surface area contributed by atoms with Crippen LogP contribution in [0.4, 0.5) is 0 Å². The Hall–Kier alpha value is -5.55. The Bertz CT molecular complexity index is 1990. The predicted molar refractivity (Wildman–Crippen MR) is 198 cm³/mol. The molecule has 59 heavy (non-hydrogen) atoms. The molecule has 0 spiro atoms. The number of allylic oxidation sites excluding steroid dienone is 2. The van der Waals surface area contributed by atoms with Gasteiger partial charge >= 0.3 is 5.97 Å². The Morgan fingerprint density at radius 3 is 2.10 bits per heavy atom. The number of benzene rings is 2. The highest BCUT2D eigenvalue weighted by molar-refractivity contribution is 5.87. The van der Waals surface area contributed by atoms with Gasteiger partial charge in [-0.2, -0.15) is 0 Å². The fourth-order valence-corrected chi connectivity index (χ4v) is 6.57. The highest BCUT2D eigenvalue weighted by Crippen LogP contribution is 2.41. The molecule has 20 heteroatoms. The highest BCUT2D eigenvalue weighted by Gasteiger charge is 2.50. The standard InChI is InChI=1S/C39H44O20/c1-51-23-10-17(5-6-20(23)42)36-26(13-19-21(43)11-18(41)12-22(19)55-36)56-39-35(50)33(48)37(28(58-39)15-54-38-34(49)32(47)31(46)27(14-40)57-38)59-29(44)7-4-16-8-24(52-2)30(45)25(9-16)53-3/h4-13,22,27-28,31-35,37-43,45-50H,14-15H2,1-3H3. The van der Waals surface area contributed by atoms with Crippen molar-refractivity contribution in [1.29, 1.82) is 0 Å². The monoisotopic (exact) mass is 832 g/mol. The van der Waals surface area contributed by atoms with Crippen LogP contribution in [-0.4, -0.2) is 159 Å². The Labute approximate surface area is 335 Å². The Balaban J connectivity index is 1.31. The number of rotatable bonds is 13. The van der Waals surface area contributed by atoms with E-state index in [1.54, 1.807) is 0 Å². The van der Waals surface area contributed by atoms with Crippen LogP contribution in [0.2, 0.25) is 0 Å². The molecule has 11 atom stereocenters. The number of carbonyl (C=O) groups is 1. The molecule has 0 bridgehead atoms. The molecule has 2 fully saturated rings. The molecule has 6 rings (SSSR count). The SMILES string of the molecule is COc1cc(C2=C(OC3OC(COC4OC(CO)C(O)C(O)C4O)C(OC(=O)C=Cc4cc(OC)c(O)c(OC)c4)C(O)C3O)C=C3C(O)=CC(O)=CC3O2)ccc1O. The van der Waals surface area contributed by atoms with Crippen LogP contribution in [0.3, 0.4) is 0 Å². The highest BCUT2D eigenvalue weighted by atomic mass is 16.7. The quantitative estimate of drug-likeness (QED) is 0.0932. The van der Waals surface area contributed by atoms with Crippen molar-refractivity contribution in [3.8, 4) is 28.7 Å². The second kappa shape index (κ2) is 18.2. The topological polar surface area (TPSA) is 302 Å². The van der Waals surface area contributed by atoms with Crippen molar-refractivity contribution < 1.29 is 98.5 Å². The summed E-state index contributed by atoms with van der Waals surface area (Å²) in [7, 11) is 3.94. The van der Waals surface area contributed by atoms with Gasteiger partial charge in [0.2, 0.25) is 12.0 Å². The summed E-state index contributed by atoms with van der Waals surface area (Å²) in [5, 5.41) is 105. The lowest BCUT2D eigenvalue weighted by atomic mass is 9.96. The molecule has 4 aliphatic rings. The van der Waals surface area contributed by atoms with Gasteiger partial charge in [-0.05, 0) is 48.0 Å². The summed E-state index contributed by atoms with van der Waals surface area (Å²) in [6.07, 6.45) is -12.6. The van der Waals surface area contributed by atoms with E-state index in [9.17, 15) is 55.9 Å². The molecule has 0 aromatic heterocycles. The smallest absolute Gasteiger partial charge is 0.331 e. The second-order valence-electron chi connectivity index (χ2n) is 13.5. The average molecular weight is 833 g/mol. The molecule has 0 amide bonds. The fraction of sp³-hybridized carbons (Fsp3) is 0.410. The molecular formula is C39H44O20. The van der Waals surface area contributed by atoms with Gasteiger partial charge in [0.15, 0.2) is 46.9 Å². The summed E-state index contributed by atoms with van der Waals surface area (Å²) in [6, 6.07) is 6.93. The third-order valence-electron chi connectivity index (χ3n) is 9.73. The molecule has 20 nitrogen and oxygen atoms in total. The first-order chi connectivity index (χ1) is 28.2. The van der Waals surface area contributed by atoms with E-state index in [1.807, 2.05) is 0 Å².